The maximum Gasteiger partial charge on any atom is 0.338 e. The Kier molecular flexibility index (Phi) is 6.30. The Hall–Kier alpha value is -3.65. The SMILES string of the molecule is CCOC(=O)C1=C(C)N=c2s/c(=C\c3c(C)[nH]c4c3=CCCC=4)c(=O)n2C1c1ccc(N(C)C)cc1. The van der Waals surface area contributed by atoms with E-state index in [1.807, 2.05) is 63.2 Å². The molecule has 0 spiro atoms. The van der Waals surface area contributed by atoms with Crippen LogP contribution in [0, 0.1) is 6.92 Å². The first kappa shape index (κ1) is 24.1. The molecule has 1 aliphatic carbocycles. The van der Waals surface area contributed by atoms with Gasteiger partial charge in [-0.15, -0.1) is 0 Å². The van der Waals surface area contributed by atoms with Crippen molar-refractivity contribution < 1.29 is 9.53 Å². The number of anilines is 1. The van der Waals surface area contributed by atoms with Gasteiger partial charge in [-0.05, 0) is 57.4 Å². The van der Waals surface area contributed by atoms with Gasteiger partial charge in [0.25, 0.3) is 5.56 Å². The van der Waals surface area contributed by atoms with Gasteiger partial charge in [0.15, 0.2) is 4.80 Å². The molecule has 3 aromatic rings. The highest BCUT2D eigenvalue weighted by Crippen LogP contribution is 2.31. The van der Waals surface area contributed by atoms with E-state index in [9.17, 15) is 9.59 Å². The number of nitrogens with zero attached hydrogens (tertiary/aromatic N) is 3. The Balaban J connectivity index is 1.74. The number of carbonyl (C=O) groups is 1. The Bertz CT molecular complexity index is 1680. The molecule has 5 rings (SSSR count). The minimum atomic E-state index is -0.611. The Morgan fingerprint density at radius 2 is 1.94 bits per heavy atom. The van der Waals surface area contributed by atoms with E-state index in [0.717, 1.165) is 45.9 Å². The van der Waals surface area contributed by atoms with Gasteiger partial charge in [-0.3, -0.25) is 9.36 Å². The number of allylic oxidation sites excluding steroid dienone is 1. The van der Waals surface area contributed by atoms with Crippen LogP contribution in [-0.2, 0) is 9.53 Å². The van der Waals surface area contributed by atoms with Crippen molar-refractivity contribution >= 4 is 41.2 Å². The predicted octanol–water partition coefficient (Wildman–Crippen LogP) is 1.86. The molecule has 1 aliphatic heterocycles. The quantitative estimate of drug-likeness (QED) is 0.540. The van der Waals surface area contributed by atoms with Crippen LogP contribution >= 0.6 is 11.3 Å². The summed E-state index contributed by atoms with van der Waals surface area (Å²) in [6.45, 7) is 5.86. The van der Waals surface area contributed by atoms with Crippen LogP contribution in [0.2, 0.25) is 0 Å². The third kappa shape index (κ3) is 4.05. The molecule has 1 atom stereocenters. The summed E-state index contributed by atoms with van der Waals surface area (Å²) in [7, 11) is 3.95. The summed E-state index contributed by atoms with van der Waals surface area (Å²) < 4.78 is 7.63. The lowest BCUT2D eigenvalue weighted by Gasteiger charge is -2.25. The zero-order valence-electron chi connectivity index (χ0n) is 21.2. The molecule has 0 amide bonds. The molecule has 0 bridgehead atoms. The number of nitrogens with one attached hydrogen (secondary N) is 1. The predicted molar refractivity (Wildman–Crippen MR) is 144 cm³/mol. The highest BCUT2D eigenvalue weighted by atomic mass is 32.1. The minimum Gasteiger partial charge on any atom is -0.463 e. The van der Waals surface area contributed by atoms with Crippen molar-refractivity contribution in [3.05, 3.63) is 82.6 Å². The van der Waals surface area contributed by atoms with Crippen LogP contribution in [0.15, 0.2) is 45.3 Å². The van der Waals surface area contributed by atoms with Crippen LogP contribution in [0.1, 0.15) is 49.6 Å². The van der Waals surface area contributed by atoms with E-state index >= 15 is 0 Å². The number of aromatic amines is 1. The molecule has 36 heavy (non-hydrogen) atoms. The Labute approximate surface area is 213 Å². The molecule has 1 unspecified atom stereocenters. The van der Waals surface area contributed by atoms with Crippen LogP contribution in [-0.4, -0.2) is 36.2 Å². The highest BCUT2D eigenvalue weighted by molar-refractivity contribution is 7.07. The number of ether oxygens (including phenoxy) is 1. The number of aromatic nitrogens is 2. The van der Waals surface area contributed by atoms with Gasteiger partial charge in [0.2, 0.25) is 0 Å². The van der Waals surface area contributed by atoms with E-state index in [1.54, 1.807) is 11.5 Å². The summed E-state index contributed by atoms with van der Waals surface area (Å²) in [5.74, 6) is -0.449. The molecule has 8 heteroatoms. The fourth-order valence-electron chi connectivity index (χ4n) is 4.90. The largest absolute Gasteiger partial charge is 0.463 e. The van der Waals surface area contributed by atoms with Crippen molar-refractivity contribution in [3.8, 4) is 0 Å². The van der Waals surface area contributed by atoms with Gasteiger partial charge in [-0.1, -0.05) is 35.6 Å². The Morgan fingerprint density at radius 1 is 1.22 bits per heavy atom. The summed E-state index contributed by atoms with van der Waals surface area (Å²) in [6, 6.07) is 7.30. The fourth-order valence-corrected chi connectivity index (χ4v) is 5.93. The molecule has 0 fully saturated rings. The molecule has 186 valence electrons. The maximum atomic E-state index is 13.9. The van der Waals surface area contributed by atoms with Gasteiger partial charge in [0.1, 0.15) is 0 Å². The van der Waals surface area contributed by atoms with E-state index in [1.165, 1.54) is 11.3 Å². The van der Waals surface area contributed by atoms with E-state index in [-0.39, 0.29) is 12.2 Å². The molecule has 2 aliphatic rings. The van der Waals surface area contributed by atoms with Crippen LogP contribution in [0.3, 0.4) is 0 Å². The molecule has 2 aromatic heterocycles. The van der Waals surface area contributed by atoms with Crippen LogP contribution < -0.4 is 30.4 Å². The molecule has 1 N–H and O–H groups in total. The number of benzene rings is 1. The number of hydrogen-bond acceptors (Lipinski definition) is 6. The van der Waals surface area contributed by atoms with Crippen molar-refractivity contribution in [2.24, 2.45) is 4.99 Å². The highest BCUT2D eigenvalue weighted by Gasteiger charge is 2.33. The lowest BCUT2D eigenvalue weighted by atomic mass is 9.95. The smallest absolute Gasteiger partial charge is 0.338 e. The number of rotatable bonds is 5. The van der Waals surface area contributed by atoms with Crippen molar-refractivity contribution in [1.82, 2.24) is 9.55 Å². The van der Waals surface area contributed by atoms with Crippen molar-refractivity contribution in [3.63, 3.8) is 0 Å². The second kappa shape index (κ2) is 9.43. The standard InChI is InChI=1S/C28H30N4O3S/c1-6-35-27(34)24-17(3)30-28-32(25(24)18-11-13-19(14-12-18)31(4)5)26(33)23(36-28)15-21-16(2)29-22-10-8-7-9-20(21)22/h9-15,25,29H,6-8H2,1-5H3/b23-15-. The number of aryl methyl sites for hydroxylation is 1. The average molecular weight is 503 g/mol. The lowest BCUT2D eigenvalue weighted by Crippen LogP contribution is -2.40. The molecule has 7 nitrogen and oxygen atoms in total. The summed E-state index contributed by atoms with van der Waals surface area (Å²) in [5, 5.41) is 2.25. The molecule has 0 radical (unpaired) electrons. The van der Waals surface area contributed by atoms with Gasteiger partial charge < -0.3 is 14.6 Å². The van der Waals surface area contributed by atoms with E-state index < -0.39 is 12.0 Å². The van der Waals surface area contributed by atoms with Gasteiger partial charge in [-0.25, -0.2) is 9.79 Å². The van der Waals surface area contributed by atoms with Crippen LogP contribution in [0.5, 0.6) is 0 Å². The molecular weight excluding hydrogens is 472 g/mol. The summed E-state index contributed by atoms with van der Waals surface area (Å²) in [6.07, 6.45) is 8.38. The third-order valence-electron chi connectivity index (χ3n) is 6.69. The molecule has 1 aromatic carbocycles. The first-order valence-corrected chi connectivity index (χ1v) is 13.0. The molecule has 0 saturated carbocycles. The number of fused-ring (bicyclic) bond motifs is 2. The number of esters is 1. The summed E-state index contributed by atoms with van der Waals surface area (Å²) >= 11 is 1.35. The lowest BCUT2D eigenvalue weighted by molar-refractivity contribution is -0.139. The van der Waals surface area contributed by atoms with Crippen LogP contribution in [0.25, 0.3) is 18.2 Å². The van der Waals surface area contributed by atoms with Crippen molar-refractivity contribution in [1.29, 1.82) is 0 Å². The Morgan fingerprint density at radius 3 is 2.64 bits per heavy atom. The van der Waals surface area contributed by atoms with E-state index in [2.05, 4.69) is 22.1 Å². The van der Waals surface area contributed by atoms with Crippen LogP contribution in [0.4, 0.5) is 5.69 Å². The molecular formula is C28H30N4O3S. The van der Waals surface area contributed by atoms with Gasteiger partial charge in [-0.2, -0.15) is 0 Å². The third-order valence-corrected chi connectivity index (χ3v) is 7.67. The number of thiazole rings is 1. The van der Waals surface area contributed by atoms with E-state index in [0.29, 0.717) is 20.6 Å². The first-order chi connectivity index (χ1) is 17.3. The zero-order valence-corrected chi connectivity index (χ0v) is 22.0. The zero-order chi connectivity index (χ0) is 25.6. The molecule has 3 heterocycles. The van der Waals surface area contributed by atoms with Gasteiger partial charge >= 0.3 is 5.97 Å². The summed E-state index contributed by atoms with van der Waals surface area (Å²) in [4.78, 5) is 37.7. The first-order valence-electron chi connectivity index (χ1n) is 12.2. The van der Waals surface area contributed by atoms with Crippen molar-refractivity contribution in [2.75, 3.05) is 25.6 Å². The second-order valence-corrected chi connectivity index (χ2v) is 10.3. The maximum absolute atomic E-state index is 13.9. The number of H-pyrrole nitrogens is 1. The van der Waals surface area contributed by atoms with Crippen molar-refractivity contribution in [2.45, 2.75) is 39.7 Å². The van der Waals surface area contributed by atoms with Gasteiger partial charge in [0, 0.05) is 41.6 Å². The average Bonchev–Trinajstić information content (AvgIpc) is 3.34. The van der Waals surface area contributed by atoms with E-state index in [4.69, 9.17) is 4.74 Å². The summed E-state index contributed by atoms with van der Waals surface area (Å²) in [5.41, 5.74) is 4.73. The topological polar surface area (TPSA) is 79.7 Å². The van der Waals surface area contributed by atoms with Gasteiger partial charge in [0.05, 0.1) is 28.5 Å². The minimum absolute atomic E-state index is 0.163. The molecule has 0 saturated heterocycles. The number of carbonyl (C=O) groups excluding carboxylic acids is 1. The number of hydrogen-bond donors (Lipinski definition) is 1. The fraction of sp³-hybridized carbons (Fsp3) is 0.321. The second-order valence-electron chi connectivity index (χ2n) is 9.26. The monoisotopic (exact) mass is 502 g/mol. The normalized spacial score (nSPS) is 17.0.